The lowest BCUT2D eigenvalue weighted by Crippen LogP contribution is -2.00. The van der Waals surface area contributed by atoms with E-state index in [1.807, 2.05) is 18.2 Å². The van der Waals surface area contributed by atoms with E-state index in [9.17, 15) is 0 Å². The lowest BCUT2D eigenvalue weighted by Gasteiger charge is -2.11. The van der Waals surface area contributed by atoms with Crippen molar-refractivity contribution in [1.82, 2.24) is 9.55 Å². The van der Waals surface area contributed by atoms with Gasteiger partial charge in [0.05, 0.1) is 11.0 Å². The number of fused-ring (bicyclic) bond motifs is 5. The van der Waals surface area contributed by atoms with E-state index in [4.69, 9.17) is 16.6 Å². The highest BCUT2D eigenvalue weighted by atomic mass is 35.5. The lowest BCUT2D eigenvalue weighted by atomic mass is 10.0. The van der Waals surface area contributed by atoms with Crippen LogP contribution in [0.3, 0.4) is 0 Å². The van der Waals surface area contributed by atoms with Gasteiger partial charge in [0.15, 0.2) is 0 Å². The summed E-state index contributed by atoms with van der Waals surface area (Å²) in [4.78, 5) is 4.92. The van der Waals surface area contributed by atoms with Crippen LogP contribution in [0.2, 0.25) is 5.02 Å². The summed E-state index contributed by atoms with van der Waals surface area (Å²) in [7, 11) is 0. The second kappa shape index (κ2) is 5.86. The SMILES string of the molecule is CCc1nc2ccc3ccc4cc(Cl)ccc4c3c2n1-c1ccccc1. The van der Waals surface area contributed by atoms with E-state index in [0.717, 1.165) is 33.9 Å². The molecule has 0 saturated carbocycles. The molecule has 1 heterocycles. The van der Waals surface area contributed by atoms with Crippen LogP contribution in [0.15, 0.2) is 72.8 Å². The summed E-state index contributed by atoms with van der Waals surface area (Å²) >= 11 is 6.22. The minimum Gasteiger partial charge on any atom is -0.296 e. The summed E-state index contributed by atoms with van der Waals surface area (Å²) in [5.74, 6) is 1.07. The monoisotopic (exact) mass is 356 g/mol. The minimum absolute atomic E-state index is 0.759. The number of benzene rings is 4. The summed E-state index contributed by atoms with van der Waals surface area (Å²) in [6, 6.07) is 25.2. The Bertz CT molecular complexity index is 1270. The highest BCUT2D eigenvalue weighted by Crippen LogP contribution is 2.35. The molecule has 0 fully saturated rings. The number of nitrogens with zero attached hydrogens (tertiary/aromatic N) is 2. The molecule has 4 aromatic carbocycles. The fourth-order valence-electron chi connectivity index (χ4n) is 3.82. The van der Waals surface area contributed by atoms with Crippen LogP contribution in [0.5, 0.6) is 0 Å². The van der Waals surface area contributed by atoms with Gasteiger partial charge in [-0.05, 0) is 46.5 Å². The van der Waals surface area contributed by atoms with Crippen LogP contribution in [0.25, 0.3) is 38.3 Å². The molecule has 1 aromatic heterocycles. The first-order chi connectivity index (χ1) is 12.8. The molecule has 0 spiro atoms. The van der Waals surface area contributed by atoms with Gasteiger partial charge in [-0.15, -0.1) is 0 Å². The van der Waals surface area contributed by atoms with Crippen molar-refractivity contribution in [2.75, 3.05) is 0 Å². The number of halogens is 1. The number of imidazole rings is 1. The number of hydrogen-bond acceptors (Lipinski definition) is 1. The second-order valence-corrected chi connectivity index (χ2v) is 6.95. The molecule has 0 aliphatic heterocycles. The standard InChI is InChI=1S/C23H17ClN2/c1-2-21-25-20-13-10-15-8-9-16-14-17(24)11-12-19(16)22(15)23(20)26(21)18-6-4-3-5-7-18/h3-14H,2H2,1H3. The fourth-order valence-corrected chi connectivity index (χ4v) is 4.00. The van der Waals surface area contributed by atoms with E-state index in [-0.39, 0.29) is 0 Å². The van der Waals surface area contributed by atoms with Crippen LogP contribution in [0, 0.1) is 0 Å². The maximum atomic E-state index is 6.22. The lowest BCUT2D eigenvalue weighted by molar-refractivity contribution is 0.909. The first-order valence-corrected chi connectivity index (χ1v) is 9.22. The highest BCUT2D eigenvalue weighted by Gasteiger charge is 2.15. The Morgan fingerprint density at radius 2 is 1.65 bits per heavy atom. The van der Waals surface area contributed by atoms with Gasteiger partial charge < -0.3 is 0 Å². The van der Waals surface area contributed by atoms with Crippen molar-refractivity contribution in [3.8, 4) is 5.69 Å². The molecule has 0 N–H and O–H groups in total. The molecule has 5 rings (SSSR count). The molecule has 5 aromatic rings. The Labute approximate surface area is 156 Å². The molecule has 0 aliphatic rings. The van der Waals surface area contributed by atoms with Crippen molar-refractivity contribution in [2.24, 2.45) is 0 Å². The van der Waals surface area contributed by atoms with Gasteiger partial charge in [-0.1, -0.05) is 61.0 Å². The average Bonchev–Trinajstić information content (AvgIpc) is 3.07. The summed E-state index contributed by atoms with van der Waals surface area (Å²) < 4.78 is 2.30. The topological polar surface area (TPSA) is 17.8 Å². The first kappa shape index (κ1) is 15.4. The van der Waals surface area contributed by atoms with Gasteiger partial charge in [-0.3, -0.25) is 4.57 Å². The fraction of sp³-hybridized carbons (Fsp3) is 0.0870. The third kappa shape index (κ3) is 2.23. The van der Waals surface area contributed by atoms with Crippen LogP contribution in [-0.4, -0.2) is 9.55 Å². The van der Waals surface area contributed by atoms with Gasteiger partial charge in [-0.2, -0.15) is 0 Å². The van der Waals surface area contributed by atoms with Crippen molar-refractivity contribution in [3.63, 3.8) is 0 Å². The van der Waals surface area contributed by atoms with E-state index in [1.165, 1.54) is 21.7 Å². The number of hydrogen-bond donors (Lipinski definition) is 0. The van der Waals surface area contributed by atoms with Gasteiger partial charge in [0.1, 0.15) is 5.82 Å². The summed E-state index contributed by atoms with van der Waals surface area (Å²) in [5.41, 5.74) is 3.34. The van der Waals surface area contributed by atoms with E-state index >= 15 is 0 Å². The molecule has 126 valence electrons. The van der Waals surface area contributed by atoms with Crippen LogP contribution in [0.4, 0.5) is 0 Å². The van der Waals surface area contributed by atoms with Gasteiger partial charge in [0, 0.05) is 22.5 Å². The predicted molar refractivity (Wildman–Crippen MR) is 110 cm³/mol. The zero-order chi connectivity index (χ0) is 17.7. The van der Waals surface area contributed by atoms with Crippen molar-refractivity contribution in [2.45, 2.75) is 13.3 Å². The second-order valence-electron chi connectivity index (χ2n) is 6.51. The molecule has 0 bridgehead atoms. The number of para-hydroxylation sites is 1. The van der Waals surface area contributed by atoms with Crippen LogP contribution in [-0.2, 0) is 6.42 Å². The minimum atomic E-state index is 0.759. The highest BCUT2D eigenvalue weighted by molar-refractivity contribution is 6.32. The zero-order valence-electron chi connectivity index (χ0n) is 14.4. The molecule has 0 unspecified atom stereocenters. The Hall–Kier alpha value is -2.84. The van der Waals surface area contributed by atoms with Gasteiger partial charge >= 0.3 is 0 Å². The number of aromatic nitrogens is 2. The molecule has 0 radical (unpaired) electrons. The summed E-state index contributed by atoms with van der Waals surface area (Å²) in [5, 5.41) is 5.56. The Kier molecular flexibility index (Phi) is 3.47. The molecule has 0 atom stereocenters. The summed E-state index contributed by atoms with van der Waals surface area (Å²) in [6.07, 6.45) is 0.877. The molecule has 0 aliphatic carbocycles. The van der Waals surface area contributed by atoms with Crippen LogP contribution < -0.4 is 0 Å². The molecular formula is C23H17ClN2. The van der Waals surface area contributed by atoms with Gasteiger partial charge in [-0.25, -0.2) is 4.98 Å². The zero-order valence-corrected chi connectivity index (χ0v) is 15.2. The summed E-state index contributed by atoms with van der Waals surface area (Å²) in [6.45, 7) is 2.15. The molecule has 0 amide bonds. The van der Waals surface area contributed by atoms with Crippen LogP contribution in [0.1, 0.15) is 12.7 Å². The van der Waals surface area contributed by atoms with Crippen molar-refractivity contribution < 1.29 is 0 Å². The van der Waals surface area contributed by atoms with Crippen LogP contribution >= 0.6 is 11.6 Å². The first-order valence-electron chi connectivity index (χ1n) is 8.84. The maximum absolute atomic E-state index is 6.22. The largest absolute Gasteiger partial charge is 0.296 e. The molecule has 3 heteroatoms. The van der Waals surface area contributed by atoms with Gasteiger partial charge in [0.25, 0.3) is 0 Å². The predicted octanol–water partition coefficient (Wildman–Crippen LogP) is 6.55. The van der Waals surface area contributed by atoms with E-state index in [0.29, 0.717) is 0 Å². The average molecular weight is 357 g/mol. The molecular weight excluding hydrogens is 340 g/mol. The molecule has 26 heavy (non-hydrogen) atoms. The van der Waals surface area contributed by atoms with Crippen molar-refractivity contribution >= 4 is 44.2 Å². The number of rotatable bonds is 2. The molecule has 0 saturated heterocycles. The Balaban J connectivity index is 2.03. The Morgan fingerprint density at radius 3 is 2.46 bits per heavy atom. The van der Waals surface area contributed by atoms with E-state index in [2.05, 4.69) is 66.1 Å². The molecule has 2 nitrogen and oxygen atoms in total. The van der Waals surface area contributed by atoms with Gasteiger partial charge in [0.2, 0.25) is 0 Å². The maximum Gasteiger partial charge on any atom is 0.114 e. The third-order valence-electron chi connectivity index (χ3n) is 4.98. The smallest absolute Gasteiger partial charge is 0.114 e. The quantitative estimate of drug-likeness (QED) is 0.328. The van der Waals surface area contributed by atoms with Crippen molar-refractivity contribution in [1.29, 1.82) is 0 Å². The normalized spacial score (nSPS) is 11.6. The van der Waals surface area contributed by atoms with E-state index in [1.54, 1.807) is 0 Å². The Morgan fingerprint density at radius 1 is 0.885 bits per heavy atom. The third-order valence-corrected chi connectivity index (χ3v) is 5.21. The van der Waals surface area contributed by atoms with Crippen molar-refractivity contribution in [3.05, 3.63) is 83.6 Å². The number of aryl methyl sites for hydroxylation is 1. The van der Waals surface area contributed by atoms with E-state index < -0.39 is 0 Å².